The molecule has 27 heavy (non-hydrogen) atoms. The summed E-state index contributed by atoms with van der Waals surface area (Å²) in [4.78, 5) is 5.50. The average molecular weight is 386 g/mol. The summed E-state index contributed by atoms with van der Waals surface area (Å²) in [5.74, 6) is 2.81. The van der Waals surface area contributed by atoms with Crippen molar-refractivity contribution in [2.45, 2.75) is 77.0 Å². The summed E-state index contributed by atoms with van der Waals surface area (Å²) >= 11 is 0. The summed E-state index contributed by atoms with van der Waals surface area (Å²) in [6, 6.07) is 4.55. The molecule has 4 fully saturated rings. The lowest BCUT2D eigenvalue weighted by Gasteiger charge is -2.58. The Labute approximate surface area is 168 Å². The van der Waals surface area contributed by atoms with Gasteiger partial charge in [-0.25, -0.2) is 0 Å². The van der Waals surface area contributed by atoms with Gasteiger partial charge < -0.3 is 9.23 Å². The third-order valence-electron chi connectivity index (χ3n) is 7.54. The molecule has 0 atom stereocenters. The lowest BCUT2D eigenvalue weighted by molar-refractivity contribution is -0.113. The first kappa shape index (κ1) is 19.7. The van der Waals surface area contributed by atoms with Crippen molar-refractivity contribution in [3.63, 3.8) is 0 Å². The van der Waals surface area contributed by atoms with Gasteiger partial charge in [0.2, 0.25) is 0 Å². The Bertz CT molecular complexity index is 677. The number of benzene rings is 1. The summed E-state index contributed by atoms with van der Waals surface area (Å²) in [5.41, 5.74) is 6.14. The maximum absolute atomic E-state index is 5.63. The SMILES string of the molecule is COB(OO[SiH3])c1ccc(C(C)(C)C)c(C23CC4CC(CC(C4)C2)C3)c1C. The molecule has 0 aliphatic heterocycles. The number of rotatable bonds is 5. The van der Waals surface area contributed by atoms with E-state index in [2.05, 4.69) is 39.8 Å². The van der Waals surface area contributed by atoms with Crippen LogP contribution in [0.2, 0.25) is 0 Å². The molecule has 4 bridgehead atoms. The van der Waals surface area contributed by atoms with Gasteiger partial charge in [0, 0.05) is 7.11 Å². The molecule has 0 unspecified atom stereocenters. The predicted octanol–water partition coefficient (Wildman–Crippen LogP) is 3.33. The van der Waals surface area contributed by atoms with E-state index in [9.17, 15) is 0 Å². The zero-order valence-corrected chi connectivity index (χ0v) is 19.9. The van der Waals surface area contributed by atoms with Gasteiger partial charge in [0.05, 0.1) is 0 Å². The second kappa shape index (κ2) is 7.01. The van der Waals surface area contributed by atoms with Crippen LogP contribution in [0, 0.1) is 24.7 Å². The third kappa shape index (κ3) is 3.35. The summed E-state index contributed by atoms with van der Waals surface area (Å²) < 4.78 is 10.7. The first-order valence-electron chi connectivity index (χ1n) is 10.6. The van der Waals surface area contributed by atoms with Crippen molar-refractivity contribution in [2.24, 2.45) is 17.8 Å². The van der Waals surface area contributed by atoms with E-state index in [0.29, 0.717) is 15.9 Å². The maximum Gasteiger partial charge on any atom is 0.523 e. The minimum absolute atomic E-state index is 0.138. The number of hydrogen-bond donors (Lipinski definition) is 0. The van der Waals surface area contributed by atoms with Crippen molar-refractivity contribution < 1.29 is 14.0 Å². The second-order valence-corrected chi connectivity index (χ2v) is 10.8. The Morgan fingerprint density at radius 3 is 2.04 bits per heavy atom. The van der Waals surface area contributed by atoms with Crippen LogP contribution in [-0.2, 0) is 24.9 Å². The van der Waals surface area contributed by atoms with E-state index < -0.39 is 7.12 Å². The van der Waals surface area contributed by atoms with Crippen molar-refractivity contribution in [1.29, 1.82) is 0 Å². The molecule has 4 aliphatic rings. The molecule has 5 heteroatoms. The molecule has 0 saturated heterocycles. The summed E-state index contributed by atoms with van der Waals surface area (Å²) in [6.07, 6.45) is 8.55. The molecule has 0 amide bonds. The van der Waals surface area contributed by atoms with Crippen molar-refractivity contribution >= 4 is 23.1 Å². The zero-order valence-electron chi connectivity index (χ0n) is 17.9. The fraction of sp³-hybridized carbons (Fsp3) is 0.727. The Balaban J connectivity index is 1.87. The van der Waals surface area contributed by atoms with E-state index >= 15 is 0 Å². The predicted molar refractivity (Wildman–Crippen MR) is 114 cm³/mol. The van der Waals surface area contributed by atoms with Crippen LogP contribution < -0.4 is 5.46 Å². The summed E-state index contributed by atoms with van der Waals surface area (Å²) in [6.45, 7) is 9.37. The van der Waals surface area contributed by atoms with Gasteiger partial charge in [-0.1, -0.05) is 32.9 Å². The molecular weight excluding hydrogens is 351 g/mol. The minimum atomic E-state index is -0.441. The van der Waals surface area contributed by atoms with E-state index in [1.54, 1.807) is 12.7 Å². The van der Waals surface area contributed by atoms with Crippen molar-refractivity contribution in [3.05, 3.63) is 28.8 Å². The normalized spacial score (nSPS) is 32.3. The Hall–Kier alpha value is -0.618. The summed E-state index contributed by atoms with van der Waals surface area (Å²) in [7, 11) is 1.80. The topological polar surface area (TPSA) is 27.7 Å². The van der Waals surface area contributed by atoms with E-state index in [1.165, 1.54) is 49.7 Å². The zero-order chi connectivity index (χ0) is 19.4. The van der Waals surface area contributed by atoms with Crippen LogP contribution in [0.25, 0.3) is 0 Å². The number of hydrogen-bond acceptors (Lipinski definition) is 3. The van der Waals surface area contributed by atoms with Crippen molar-refractivity contribution in [3.8, 4) is 0 Å². The van der Waals surface area contributed by atoms with Crippen LogP contribution in [0.3, 0.4) is 0 Å². The molecule has 4 aliphatic carbocycles. The van der Waals surface area contributed by atoms with Crippen LogP contribution in [0.5, 0.6) is 0 Å². The highest BCUT2D eigenvalue weighted by molar-refractivity contribution is 6.61. The molecule has 0 N–H and O–H groups in total. The molecule has 3 nitrogen and oxygen atoms in total. The molecule has 5 rings (SSSR count). The van der Waals surface area contributed by atoms with Gasteiger partial charge in [0.25, 0.3) is 0 Å². The second-order valence-electron chi connectivity index (χ2n) is 10.5. The van der Waals surface area contributed by atoms with Crippen LogP contribution in [0.1, 0.15) is 76.0 Å². The first-order valence-corrected chi connectivity index (χ1v) is 11.5. The Morgan fingerprint density at radius 1 is 1.04 bits per heavy atom. The highest BCUT2D eigenvalue weighted by atomic mass is 28.2. The van der Waals surface area contributed by atoms with E-state index in [1.807, 2.05) is 0 Å². The van der Waals surface area contributed by atoms with Crippen molar-refractivity contribution in [1.82, 2.24) is 0 Å². The van der Waals surface area contributed by atoms with E-state index in [0.717, 1.165) is 23.2 Å². The standard InChI is InChI=1S/C22H35BO3Si/c1-14-19(23(24-5)25-26-27)7-6-18(21(2,3)4)20(14)22-11-15-8-16(12-22)10-17(9-15)13-22/h6-7,15-17H,8-13H2,1-5,27H3. The molecular formula is C22H35BO3Si. The molecule has 0 aromatic heterocycles. The minimum Gasteiger partial charge on any atom is -0.409 e. The molecule has 4 saturated carbocycles. The van der Waals surface area contributed by atoms with Crippen LogP contribution in [0.4, 0.5) is 0 Å². The highest BCUT2D eigenvalue weighted by Gasteiger charge is 2.53. The molecule has 148 valence electrons. The lowest BCUT2D eigenvalue weighted by Crippen LogP contribution is -2.51. The van der Waals surface area contributed by atoms with Gasteiger partial charge in [-0.3, -0.25) is 4.81 Å². The van der Waals surface area contributed by atoms with Crippen molar-refractivity contribution in [2.75, 3.05) is 7.11 Å². The Kier molecular flexibility index (Phi) is 5.11. The monoisotopic (exact) mass is 386 g/mol. The smallest absolute Gasteiger partial charge is 0.409 e. The van der Waals surface area contributed by atoms with Crippen LogP contribution in [-0.4, -0.2) is 24.7 Å². The first-order chi connectivity index (χ1) is 12.8. The Morgan fingerprint density at radius 2 is 1.59 bits per heavy atom. The van der Waals surface area contributed by atoms with E-state index in [-0.39, 0.29) is 5.41 Å². The summed E-state index contributed by atoms with van der Waals surface area (Å²) in [5, 5.41) is 0. The van der Waals surface area contributed by atoms with Gasteiger partial charge in [-0.15, -0.1) is 0 Å². The highest BCUT2D eigenvalue weighted by Crippen LogP contribution is 2.62. The quantitative estimate of drug-likeness (QED) is 0.441. The lowest BCUT2D eigenvalue weighted by atomic mass is 9.46. The van der Waals surface area contributed by atoms with Gasteiger partial charge >= 0.3 is 7.12 Å². The molecule has 1 aromatic rings. The fourth-order valence-corrected chi connectivity index (χ4v) is 7.19. The molecule has 0 spiro atoms. The van der Waals surface area contributed by atoms with Gasteiger partial charge in [0.15, 0.2) is 10.5 Å². The van der Waals surface area contributed by atoms with E-state index in [4.69, 9.17) is 14.0 Å². The molecule has 0 heterocycles. The molecule has 0 radical (unpaired) electrons. The van der Waals surface area contributed by atoms with Crippen LogP contribution in [0.15, 0.2) is 12.1 Å². The van der Waals surface area contributed by atoms with Gasteiger partial charge in [0.1, 0.15) is 0 Å². The van der Waals surface area contributed by atoms with Gasteiger partial charge in [-0.05, 0) is 96.2 Å². The fourth-order valence-electron chi connectivity index (χ4n) is 7.01. The van der Waals surface area contributed by atoms with Gasteiger partial charge in [-0.2, -0.15) is 0 Å². The van der Waals surface area contributed by atoms with Crippen LogP contribution >= 0.6 is 0 Å². The largest absolute Gasteiger partial charge is 0.523 e. The third-order valence-corrected chi connectivity index (χ3v) is 7.73. The average Bonchev–Trinajstić information content (AvgIpc) is 2.57. The molecule has 1 aromatic carbocycles. The maximum atomic E-state index is 5.63.